The van der Waals surface area contributed by atoms with E-state index in [2.05, 4.69) is 30.7 Å². The molecule has 2 nitrogen and oxygen atoms in total. The van der Waals surface area contributed by atoms with Gasteiger partial charge in [0, 0.05) is 19.1 Å². The predicted molar refractivity (Wildman–Crippen MR) is 69.7 cm³/mol. The van der Waals surface area contributed by atoms with Gasteiger partial charge in [-0.05, 0) is 57.7 Å². The highest BCUT2D eigenvalue weighted by atomic mass is 15.2. The lowest BCUT2D eigenvalue weighted by Crippen LogP contribution is -2.45. The van der Waals surface area contributed by atoms with Crippen LogP contribution in [0.2, 0.25) is 0 Å². The molecule has 2 fully saturated rings. The Balaban J connectivity index is 1.91. The van der Waals surface area contributed by atoms with Gasteiger partial charge in [0.25, 0.3) is 0 Å². The van der Waals surface area contributed by atoms with Crippen molar-refractivity contribution in [2.24, 2.45) is 11.8 Å². The van der Waals surface area contributed by atoms with Gasteiger partial charge in [-0.15, -0.1) is 0 Å². The Morgan fingerprint density at radius 1 is 0.812 bits per heavy atom. The fraction of sp³-hybridized carbons (Fsp3) is 1.00. The number of rotatable bonds is 1. The molecule has 0 aliphatic carbocycles. The summed E-state index contributed by atoms with van der Waals surface area (Å²) in [6.07, 6.45) is 5.64. The van der Waals surface area contributed by atoms with Gasteiger partial charge in [-0.25, -0.2) is 0 Å². The quantitative estimate of drug-likeness (QED) is 0.675. The van der Waals surface area contributed by atoms with E-state index in [1.807, 2.05) is 0 Å². The summed E-state index contributed by atoms with van der Waals surface area (Å²) in [7, 11) is 2.25. The van der Waals surface area contributed by atoms with Crippen molar-refractivity contribution in [2.45, 2.75) is 45.6 Å². The van der Waals surface area contributed by atoms with Gasteiger partial charge < -0.3 is 4.90 Å². The molecule has 0 aromatic rings. The summed E-state index contributed by atoms with van der Waals surface area (Å²) in [6, 6.07) is 0.874. The van der Waals surface area contributed by atoms with Crippen LogP contribution in [0.25, 0.3) is 0 Å². The minimum Gasteiger partial charge on any atom is -0.306 e. The Kier molecular flexibility index (Phi) is 4.26. The van der Waals surface area contributed by atoms with E-state index in [-0.39, 0.29) is 0 Å². The molecular weight excluding hydrogens is 196 g/mol. The van der Waals surface area contributed by atoms with Gasteiger partial charge in [-0.2, -0.15) is 0 Å². The van der Waals surface area contributed by atoms with Crippen LogP contribution in [0, 0.1) is 11.8 Å². The van der Waals surface area contributed by atoms with Crippen LogP contribution in [-0.4, -0.2) is 49.1 Å². The molecular formula is C14H28N2. The molecule has 0 bridgehead atoms. The first-order chi connectivity index (χ1) is 7.65. The average molecular weight is 224 g/mol. The third-order valence-electron chi connectivity index (χ3n) is 4.45. The molecule has 2 saturated heterocycles. The third kappa shape index (κ3) is 3.21. The second-order valence-corrected chi connectivity index (χ2v) is 6.28. The van der Waals surface area contributed by atoms with Crippen molar-refractivity contribution in [2.75, 3.05) is 33.2 Å². The Labute approximate surface area is 101 Å². The second kappa shape index (κ2) is 5.50. The highest BCUT2D eigenvalue weighted by molar-refractivity contribution is 4.82. The Hall–Kier alpha value is -0.0800. The molecule has 2 heterocycles. The van der Waals surface area contributed by atoms with E-state index in [0.29, 0.717) is 0 Å². The topological polar surface area (TPSA) is 6.48 Å². The highest BCUT2D eigenvalue weighted by Crippen LogP contribution is 2.25. The van der Waals surface area contributed by atoms with Gasteiger partial charge in [-0.1, -0.05) is 13.8 Å². The zero-order valence-corrected chi connectivity index (χ0v) is 11.3. The summed E-state index contributed by atoms with van der Waals surface area (Å²) in [5.74, 6) is 1.81. The molecule has 0 aromatic heterocycles. The molecule has 2 atom stereocenters. The number of nitrogens with zero attached hydrogens (tertiary/aromatic N) is 2. The maximum Gasteiger partial charge on any atom is 0.0120 e. The lowest BCUT2D eigenvalue weighted by molar-refractivity contribution is 0.106. The molecule has 2 unspecified atom stereocenters. The van der Waals surface area contributed by atoms with Crippen LogP contribution >= 0.6 is 0 Å². The number of hydrogen-bond acceptors (Lipinski definition) is 2. The van der Waals surface area contributed by atoms with E-state index in [1.54, 1.807) is 0 Å². The normalized spacial score (nSPS) is 36.2. The van der Waals surface area contributed by atoms with E-state index >= 15 is 0 Å². The zero-order chi connectivity index (χ0) is 11.5. The molecule has 0 amide bonds. The molecule has 94 valence electrons. The van der Waals surface area contributed by atoms with Crippen molar-refractivity contribution >= 4 is 0 Å². The fourth-order valence-corrected chi connectivity index (χ4v) is 3.29. The molecule has 2 aliphatic rings. The van der Waals surface area contributed by atoms with E-state index < -0.39 is 0 Å². The molecule has 0 saturated carbocycles. The van der Waals surface area contributed by atoms with Crippen molar-refractivity contribution in [3.63, 3.8) is 0 Å². The van der Waals surface area contributed by atoms with Crippen LogP contribution in [0.3, 0.4) is 0 Å². The smallest absolute Gasteiger partial charge is 0.0120 e. The van der Waals surface area contributed by atoms with Crippen molar-refractivity contribution in [1.82, 2.24) is 9.80 Å². The molecule has 0 aromatic carbocycles. The molecule has 2 aliphatic heterocycles. The van der Waals surface area contributed by atoms with Crippen LogP contribution in [0.15, 0.2) is 0 Å². The van der Waals surface area contributed by atoms with Crippen molar-refractivity contribution < 1.29 is 0 Å². The highest BCUT2D eigenvalue weighted by Gasteiger charge is 2.27. The molecule has 2 heteroatoms. The monoisotopic (exact) mass is 224 g/mol. The lowest BCUT2D eigenvalue weighted by Gasteiger charge is -2.38. The van der Waals surface area contributed by atoms with E-state index in [0.717, 1.165) is 17.9 Å². The molecule has 0 radical (unpaired) electrons. The van der Waals surface area contributed by atoms with Crippen LogP contribution in [0.1, 0.15) is 39.5 Å². The summed E-state index contributed by atoms with van der Waals surface area (Å²) in [4.78, 5) is 5.27. The maximum absolute atomic E-state index is 2.80. The second-order valence-electron chi connectivity index (χ2n) is 6.28. The minimum absolute atomic E-state index is 0.874. The lowest BCUT2D eigenvalue weighted by atomic mass is 10.0. The summed E-state index contributed by atoms with van der Waals surface area (Å²) in [5, 5.41) is 0. The van der Waals surface area contributed by atoms with Crippen LogP contribution in [-0.2, 0) is 0 Å². The third-order valence-corrected chi connectivity index (χ3v) is 4.45. The molecule has 16 heavy (non-hydrogen) atoms. The summed E-state index contributed by atoms with van der Waals surface area (Å²) < 4.78 is 0. The van der Waals surface area contributed by atoms with Gasteiger partial charge in [-0.3, -0.25) is 4.90 Å². The standard InChI is InChI=1S/C14H28N2/c1-12-4-5-13(2)11-16(10-12)14-6-8-15(3)9-7-14/h12-14H,4-11H2,1-3H3. The van der Waals surface area contributed by atoms with Crippen molar-refractivity contribution in [3.8, 4) is 0 Å². The van der Waals surface area contributed by atoms with Crippen LogP contribution < -0.4 is 0 Å². The SMILES string of the molecule is CC1CCC(C)CN(C2CCN(C)CC2)C1. The van der Waals surface area contributed by atoms with E-state index in [9.17, 15) is 0 Å². The Bertz CT molecular complexity index is 197. The molecule has 2 rings (SSSR count). The molecule has 0 spiro atoms. The van der Waals surface area contributed by atoms with Gasteiger partial charge in [0.05, 0.1) is 0 Å². The first-order valence-corrected chi connectivity index (χ1v) is 7.07. The maximum atomic E-state index is 2.80. The van der Waals surface area contributed by atoms with Crippen LogP contribution in [0.4, 0.5) is 0 Å². The first kappa shape index (κ1) is 12.4. The van der Waals surface area contributed by atoms with Gasteiger partial charge >= 0.3 is 0 Å². The van der Waals surface area contributed by atoms with Crippen LogP contribution in [0.5, 0.6) is 0 Å². The van der Waals surface area contributed by atoms with E-state index in [4.69, 9.17) is 0 Å². The number of likely N-dealkylation sites (tertiary alicyclic amines) is 2. The van der Waals surface area contributed by atoms with E-state index in [1.165, 1.54) is 51.9 Å². The predicted octanol–water partition coefficient (Wildman–Crippen LogP) is 2.45. The number of piperidine rings is 1. The first-order valence-electron chi connectivity index (χ1n) is 7.07. The molecule has 0 N–H and O–H groups in total. The van der Waals surface area contributed by atoms with Gasteiger partial charge in [0.2, 0.25) is 0 Å². The summed E-state index contributed by atoms with van der Waals surface area (Å²) in [6.45, 7) is 10.1. The largest absolute Gasteiger partial charge is 0.306 e. The Morgan fingerprint density at radius 2 is 1.31 bits per heavy atom. The van der Waals surface area contributed by atoms with Gasteiger partial charge in [0.1, 0.15) is 0 Å². The average Bonchev–Trinajstić information content (AvgIpc) is 2.42. The van der Waals surface area contributed by atoms with Crippen molar-refractivity contribution in [3.05, 3.63) is 0 Å². The van der Waals surface area contributed by atoms with Gasteiger partial charge in [0.15, 0.2) is 0 Å². The Morgan fingerprint density at radius 3 is 1.81 bits per heavy atom. The minimum atomic E-state index is 0.874. The fourth-order valence-electron chi connectivity index (χ4n) is 3.29. The number of hydrogen-bond donors (Lipinski definition) is 0. The van der Waals surface area contributed by atoms with Crippen molar-refractivity contribution in [1.29, 1.82) is 0 Å². The summed E-state index contributed by atoms with van der Waals surface area (Å²) in [5.41, 5.74) is 0. The summed E-state index contributed by atoms with van der Waals surface area (Å²) >= 11 is 0. The zero-order valence-electron chi connectivity index (χ0n) is 11.3.